The number of amides is 1. The highest BCUT2D eigenvalue weighted by molar-refractivity contribution is 7.99. The zero-order valence-corrected chi connectivity index (χ0v) is 22.5. The molecule has 0 saturated carbocycles. The first kappa shape index (κ1) is 25.9. The Hall–Kier alpha value is -2.69. The van der Waals surface area contributed by atoms with Crippen molar-refractivity contribution in [3.63, 3.8) is 0 Å². The van der Waals surface area contributed by atoms with Crippen LogP contribution in [0.4, 0.5) is 14.6 Å². The average molecular weight is 549 g/mol. The second-order valence-electron chi connectivity index (χ2n) is 9.61. The summed E-state index contributed by atoms with van der Waals surface area (Å²) in [4.78, 5) is 34.6. The van der Waals surface area contributed by atoms with E-state index in [2.05, 4.69) is 4.98 Å². The molecule has 2 aromatic carbocycles. The summed E-state index contributed by atoms with van der Waals surface area (Å²) in [5.41, 5.74) is 0.704. The lowest BCUT2D eigenvalue weighted by molar-refractivity contribution is -0.133. The maximum atomic E-state index is 15.0. The van der Waals surface area contributed by atoms with Gasteiger partial charge in [-0.25, -0.2) is 13.6 Å². The van der Waals surface area contributed by atoms with Gasteiger partial charge < -0.3 is 14.5 Å². The van der Waals surface area contributed by atoms with Crippen LogP contribution in [0.1, 0.15) is 20.8 Å². The molecule has 2 aliphatic rings. The van der Waals surface area contributed by atoms with Crippen molar-refractivity contribution in [2.45, 2.75) is 50.4 Å². The van der Waals surface area contributed by atoms with Crippen molar-refractivity contribution in [2.24, 2.45) is 0 Å². The van der Waals surface area contributed by atoms with E-state index in [1.165, 1.54) is 23.9 Å². The molecule has 0 radical (unpaired) electrons. The molecule has 1 fully saturated rings. The fourth-order valence-electron chi connectivity index (χ4n) is 5.55. The molecule has 0 unspecified atom stereocenters. The van der Waals surface area contributed by atoms with Gasteiger partial charge in [-0.3, -0.25) is 9.36 Å². The van der Waals surface area contributed by atoms with Crippen molar-refractivity contribution in [1.82, 2.24) is 14.5 Å². The number of piperazine rings is 1. The Bertz CT molecular complexity index is 1450. The van der Waals surface area contributed by atoms with Crippen molar-refractivity contribution < 1.29 is 18.3 Å². The van der Waals surface area contributed by atoms with Crippen LogP contribution in [0.15, 0.2) is 34.0 Å². The van der Waals surface area contributed by atoms with Gasteiger partial charge in [0.15, 0.2) is 0 Å². The number of methoxy groups -OCH3 is 1. The topological polar surface area (TPSA) is 67.7 Å². The van der Waals surface area contributed by atoms with E-state index in [0.29, 0.717) is 46.0 Å². The van der Waals surface area contributed by atoms with E-state index in [0.717, 1.165) is 6.07 Å². The van der Waals surface area contributed by atoms with E-state index in [4.69, 9.17) is 16.3 Å². The molecule has 3 heterocycles. The number of hydrogen-bond acceptors (Lipinski definition) is 6. The molecule has 5 rings (SSSR count). The molecule has 37 heavy (non-hydrogen) atoms. The van der Waals surface area contributed by atoms with Gasteiger partial charge in [-0.2, -0.15) is 4.98 Å². The average Bonchev–Trinajstić information content (AvgIpc) is 3.02. The normalized spacial score (nSPS) is 21.9. The van der Waals surface area contributed by atoms with Gasteiger partial charge in [0, 0.05) is 72.4 Å². The Morgan fingerprint density at radius 1 is 1.16 bits per heavy atom. The van der Waals surface area contributed by atoms with Crippen molar-refractivity contribution in [2.75, 3.05) is 30.9 Å². The van der Waals surface area contributed by atoms with Crippen LogP contribution in [-0.4, -0.2) is 64.5 Å². The zero-order valence-electron chi connectivity index (χ0n) is 20.9. The summed E-state index contributed by atoms with van der Waals surface area (Å²) in [6, 6.07) is 4.90. The van der Waals surface area contributed by atoms with Crippen LogP contribution in [0.2, 0.25) is 5.02 Å². The number of anilines is 1. The van der Waals surface area contributed by atoms with E-state index in [9.17, 15) is 18.4 Å². The van der Waals surface area contributed by atoms with Gasteiger partial charge in [0.1, 0.15) is 17.5 Å². The predicted molar refractivity (Wildman–Crippen MR) is 142 cm³/mol. The molecule has 1 saturated heterocycles. The second kappa shape index (κ2) is 9.89. The lowest BCUT2D eigenvalue weighted by Gasteiger charge is -2.44. The Kier molecular flexibility index (Phi) is 6.93. The van der Waals surface area contributed by atoms with Gasteiger partial charge in [0.2, 0.25) is 5.91 Å². The standard InChI is InChI=1S/C26H27ClF2N4O3S/c1-13-9-31(10-14(2)33(13)15(3)34)25-19-8-20(27)22(18-6-5-16(28)7-21(18)29)24-23(19)32(26(35)30-25)11-17(36-4)12-37-24/h5-8,13-14,17H,9-12H2,1-4H3/t13-,14+,17-/m0/s1. The molecule has 7 nitrogen and oxygen atoms in total. The molecular weight excluding hydrogens is 522 g/mol. The number of hydrogen-bond donors (Lipinski definition) is 0. The van der Waals surface area contributed by atoms with Crippen LogP contribution >= 0.6 is 23.4 Å². The largest absolute Gasteiger partial charge is 0.379 e. The van der Waals surface area contributed by atoms with E-state index in [-0.39, 0.29) is 41.2 Å². The molecule has 1 amide bonds. The summed E-state index contributed by atoms with van der Waals surface area (Å²) in [5.74, 6) is -0.450. The van der Waals surface area contributed by atoms with Gasteiger partial charge in [-0.15, -0.1) is 11.8 Å². The molecule has 0 aliphatic carbocycles. The second-order valence-corrected chi connectivity index (χ2v) is 11.0. The maximum Gasteiger partial charge on any atom is 0.350 e. The van der Waals surface area contributed by atoms with Crippen molar-refractivity contribution >= 4 is 46.0 Å². The molecule has 196 valence electrons. The molecule has 11 heteroatoms. The SMILES string of the molecule is CO[C@@H]1CSc2c(-c3ccc(F)cc3F)c(Cl)cc3c(N4C[C@@H](C)N(C(C)=O)[C@@H](C)C4)nc(=O)n(c23)C1. The summed E-state index contributed by atoms with van der Waals surface area (Å²) in [6.07, 6.45) is -0.283. The molecule has 2 aliphatic heterocycles. The third kappa shape index (κ3) is 4.49. The summed E-state index contributed by atoms with van der Waals surface area (Å²) in [6.45, 7) is 6.74. The number of aromatic nitrogens is 2. The van der Waals surface area contributed by atoms with Crippen molar-refractivity contribution in [3.8, 4) is 11.1 Å². The quantitative estimate of drug-likeness (QED) is 0.478. The summed E-state index contributed by atoms with van der Waals surface area (Å²) < 4.78 is 35.8. The van der Waals surface area contributed by atoms with Crippen LogP contribution in [0.3, 0.4) is 0 Å². The van der Waals surface area contributed by atoms with Crippen molar-refractivity contribution in [3.05, 3.63) is 51.4 Å². The highest BCUT2D eigenvalue weighted by Gasteiger charge is 2.34. The summed E-state index contributed by atoms with van der Waals surface area (Å²) in [7, 11) is 1.58. The number of carbonyl (C=O) groups excluding carboxylic acids is 1. The maximum absolute atomic E-state index is 15.0. The number of thioether (sulfide) groups is 1. The Balaban J connectivity index is 1.77. The first-order chi connectivity index (χ1) is 17.6. The minimum Gasteiger partial charge on any atom is -0.379 e. The lowest BCUT2D eigenvalue weighted by Crippen LogP contribution is -2.58. The van der Waals surface area contributed by atoms with E-state index >= 15 is 0 Å². The van der Waals surface area contributed by atoms with Gasteiger partial charge in [-0.05, 0) is 32.0 Å². The third-order valence-electron chi connectivity index (χ3n) is 7.07. The molecule has 3 atom stereocenters. The van der Waals surface area contributed by atoms with Gasteiger partial charge in [-0.1, -0.05) is 11.6 Å². The number of halogens is 3. The predicted octanol–water partition coefficient (Wildman–Crippen LogP) is 4.56. The van der Waals surface area contributed by atoms with E-state index in [1.54, 1.807) is 24.7 Å². The highest BCUT2D eigenvalue weighted by Crippen LogP contribution is 2.46. The number of benzene rings is 2. The van der Waals surface area contributed by atoms with Crippen LogP contribution in [0, 0.1) is 11.6 Å². The fraction of sp³-hybridized carbons (Fsp3) is 0.423. The summed E-state index contributed by atoms with van der Waals surface area (Å²) >= 11 is 8.24. The number of rotatable bonds is 3. The Morgan fingerprint density at radius 2 is 1.86 bits per heavy atom. The van der Waals surface area contributed by atoms with Gasteiger partial charge in [0.05, 0.1) is 23.2 Å². The van der Waals surface area contributed by atoms with Crippen LogP contribution in [0.5, 0.6) is 0 Å². The fourth-order valence-corrected chi connectivity index (χ4v) is 7.22. The van der Waals surface area contributed by atoms with E-state index in [1.807, 2.05) is 23.6 Å². The molecule has 0 spiro atoms. The van der Waals surface area contributed by atoms with Crippen LogP contribution < -0.4 is 10.6 Å². The monoisotopic (exact) mass is 548 g/mol. The Morgan fingerprint density at radius 3 is 2.49 bits per heavy atom. The van der Waals surface area contributed by atoms with Crippen molar-refractivity contribution in [1.29, 1.82) is 0 Å². The molecular formula is C26H27ClF2N4O3S. The minimum atomic E-state index is -0.739. The third-order valence-corrected chi connectivity index (χ3v) is 8.59. The minimum absolute atomic E-state index is 0.00270. The number of carbonyl (C=O) groups is 1. The molecule has 0 N–H and O–H groups in total. The smallest absolute Gasteiger partial charge is 0.350 e. The Labute approximate surface area is 222 Å². The molecule has 3 aromatic rings. The molecule has 1 aromatic heterocycles. The number of nitrogens with zero attached hydrogens (tertiary/aromatic N) is 4. The lowest BCUT2D eigenvalue weighted by atomic mass is 10.0. The highest BCUT2D eigenvalue weighted by atomic mass is 35.5. The van der Waals surface area contributed by atoms with Gasteiger partial charge in [0.25, 0.3) is 0 Å². The molecule has 0 bridgehead atoms. The zero-order chi connectivity index (χ0) is 26.6. The first-order valence-electron chi connectivity index (χ1n) is 12.0. The van der Waals surface area contributed by atoms with Crippen LogP contribution in [0.25, 0.3) is 22.0 Å². The first-order valence-corrected chi connectivity index (χ1v) is 13.4. The van der Waals surface area contributed by atoms with E-state index < -0.39 is 17.3 Å². The number of ether oxygens (including phenoxy) is 1. The summed E-state index contributed by atoms with van der Waals surface area (Å²) in [5, 5.41) is 0.930. The van der Waals surface area contributed by atoms with Crippen LogP contribution in [-0.2, 0) is 16.1 Å². The van der Waals surface area contributed by atoms with Gasteiger partial charge >= 0.3 is 5.69 Å².